The molecular weight excluding hydrogens is 344 g/mol. The number of amides is 2. The van der Waals surface area contributed by atoms with Crippen LogP contribution in [0, 0.1) is 0 Å². The lowest BCUT2D eigenvalue weighted by atomic mass is 9.88. The fourth-order valence-corrected chi connectivity index (χ4v) is 3.60. The Morgan fingerprint density at radius 1 is 1.32 bits per heavy atom. The molecule has 136 valence electrons. The number of rotatable bonds is 3. The van der Waals surface area contributed by atoms with E-state index in [-0.39, 0.29) is 23.5 Å². The zero-order valence-electron chi connectivity index (χ0n) is 14.3. The highest BCUT2D eigenvalue weighted by atomic mass is 35.5. The second kappa shape index (κ2) is 7.27. The summed E-state index contributed by atoms with van der Waals surface area (Å²) in [5, 5.41) is 0.506. The van der Waals surface area contributed by atoms with Gasteiger partial charge in [-0.1, -0.05) is 11.6 Å². The summed E-state index contributed by atoms with van der Waals surface area (Å²) in [5.41, 5.74) is 5.43. The summed E-state index contributed by atoms with van der Waals surface area (Å²) in [6.45, 7) is 4.87. The van der Waals surface area contributed by atoms with E-state index in [1.165, 1.54) is 6.20 Å². The smallest absolute Gasteiger partial charge is 0.272 e. The van der Waals surface area contributed by atoms with Gasteiger partial charge in [0.25, 0.3) is 5.91 Å². The van der Waals surface area contributed by atoms with Crippen LogP contribution in [-0.2, 0) is 9.53 Å². The van der Waals surface area contributed by atoms with Crippen LogP contribution in [0.25, 0.3) is 0 Å². The molecule has 0 radical (unpaired) electrons. The second-order valence-corrected chi connectivity index (χ2v) is 7.17. The average molecular weight is 367 g/mol. The summed E-state index contributed by atoms with van der Waals surface area (Å²) in [6.07, 6.45) is 3.01. The molecule has 1 spiro atoms. The molecule has 3 heterocycles. The van der Waals surface area contributed by atoms with Gasteiger partial charge in [0.2, 0.25) is 5.91 Å². The minimum atomic E-state index is -0.353. The van der Waals surface area contributed by atoms with Crippen molar-refractivity contribution in [1.82, 2.24) is 14.8 Å². The van der Waals surface area contributed by atoms with Crippen molar-refractivity contribution in [3.63, 3.8) is 0 Å². The number of ether oxygens (including phenoxy) is 1. The Balaban J connectivity index is 1.64. The van der Waals surface area contributed by atoms with Crippen molar-refractivity contribution < 1.29 is 14.3 Å². The monoisotopic (exact) mass is 366 g/mol. The highest BCUT2D eigenvalue weighted by Gasteiger charge is 2.42. The maximum Gasteiger partial charge on any atom is 0.272 e. The summed E-state index contributed by atoms with van der Waals surface area (Å²) >= 11 is 5.84. The van der Waals surface area contributed by atoms with Gasteiger partial charge in [-0.05, 0) is 31.9 Å². The number of likely N-dealkylation sites (tertiary alicyclic amines) is 1. The van der Waals surface area contributed by atoms with Gasteiger partial charge in [-0.25, -0.2) is 4.98 Å². The summed E-state index contributed by atoms with van der Waals surface area (Å²) in [7, 11) is 0. The normalized spacial score (nSPS) is 21.9. The highest BCUT2D eigenvalue weighted by molar-refractivity contribution is 6.30. The molecule has 1 aromatic heterocycles. The van der Waals surface area contributed by atoms with Crippen LogP contribution in [0.4, 0.5) is 0 Å². The van der Waals surface area contributed by atoms with Crippen molar-refractivity contribution >= 4 is 23.4 Å². The highest BCUT2D eigenvalue weighted by Crippen LogP contribution is 2.31. The Morgan fingerprint density at radius 2 is 2.04 bits per heavy atom. The van der Waals surface area contributed by atoms with Gasteiger partial charge < -0.3 is 15.4 Å². The molecule has 3 rings (SSSR count). The minimum absolute atomic E-state index is 0.104. The van der Waals surface area contributed by atoms with Crippen LogP contribution in [0.5, 0.6) is 0 Å². The van der Waals surface area contributed by atoms with Crippen LogP contribution in [0.15, 0.2) is 18.3 Å². The molecule has 25 heavy (non-hydrogen) atoms. The number of hydrogen-bond acceptors (Lipinski definition) is 5. The molecule has 0 aliphatic carbocycles. The van der Waals surface area contributed by atoms with Crippen molar-refractivity contribution in [3.8, 4) is 0 Å². The molecule has 0 aromatic carbocycles. The number of carbonyl (C=O) groups is 2. The molecule has 1 unspecified atom stereocenters. The van der Waals surface area contributed by atoms with Crippen molar-refractivity contribution in [3.05, 3.63) is 29.0 Å². The number of hydrogen-bond donors (Lipinski definition) is 1. The zero-order chi connectivity index (χ0) is 18.0. The third-order valence-corrected chi connectivity index (χ3v) is 5.37. The van der Waals surface area contributed by atoms with Crippen LogP contribution in [0.1, 0.15) is 30.3 Å². The summed E-state index contributed by atoms with van der Waals surface area (Å²) in [5.74, 6) is -0.418. The molecule has 2 fully saturated rings. The molecule has 1 aromatic rings. The fraction of sp³-hybridized carbons (Fsp3) is 0.588. The van der Waals surface area contributed by atoms with Gasteiger partial charge >= 0.3 is 0 Å². The molecule has 8 heteroatoms. The van der Waals surface area contributed by atoms with Crippen LogP contribution in [0.2, 0.25) is 5.02 Å². The third kappa shape index (κ3) is 3.94. The molecule has 0 bridgehead atoms. The number of nitrogens with two attached hydrogens (primary N) is 1. The number of morpholine rings is 1. The van der Waals surface area contributed by atoms with E-state index in [4.69, 9.17) is 22.1 Å². The van der Waals surface area contributed by atoms with Crippen LogP contribution >= 0.6 is 11.6 Å². The standard InChI is InChI=1S/C17H23ClN4O3/c1-12(15(19)23)21-6-4-17(5-7-21)11-22(8-9-25-17)16(24)14-3-2-13(18)10-20-14/h2-3,10,12H,4-9,11H2,1H3,(H2,19,23). The van der Waals surface area contributed by atoms with Crippen LogP contribution in [-0.4, -0.2) is 71.0 Å². The molecule has 2 saturated heterocycles. The molecule has 2 amide bonds. The molecule has 2 aliphatic rings. The van der Waals surface area contributed by atoms with Gasteiger partial charge in [0.1, 0.15) is 5.69 Å². The Morgan fingerprint density at radius 3 is 2.64 bits per heavy atom. The molecule has 2 N–H and O–H groups in total. The number of carbonyl (C=O) groups excluding carboxylic acids is 2. The largest absolute Gasteiger partial charge is 0.371 e. The van der Waals surface area contributed by atoms with E-state index >= 15 is 0 Å². The third-order valence-electron chi connectivity index (χ3n) is 5.15. The van der Waals surface area contributed by atoms with Crippen molar-refractivity contribution in [2.45, 2.75) is 31.4 Å². The van der Waals surface area contributed by atoms with Crippen LogP contribution < -0.4 is 5.73 Å². The zero-order valence-corrected chi connectivity index (χ0v) is 15.0. The molecule has 1 atom stereocenters. The predicted molar refractivity (Wildman–Crippen MR) is 93.3 cm³/mol. The van der Waals surface area contributed by atoms with Crippen LogP contribution in [0.3, 0.4) is 0 Å². The first-order valence-electron chi connectivity index (χ1n) is 8.48. The van der Waals surface area contributed by atoms with Gasteiger partial charge in [0, 0.05) is 25.8 Å². The molecule has 7 nitrogen and oxygen atoms in total. The van der Waals surface area contributed by atoms with Gasteiger partial charge in [0.05, 0.1) is 29.8 Å². The number of piperidine rings is 1. The molecule has 0 saturated carbocycles. The summed E-state index contributed by atoms with van der Waals surface area (Å²) < 4.78 is 6.05. The molecule has 2 aliphatic heterocycles. The van der Waals surface area contributed by atoms with E-state index in [9.17, 15) is 9.59 Å². The maximum absolute atomic E-state index is 12.7. The summed E-state index contributed by atoms with van der Waals surface area (Å²) in [6, 6.07) is 3.03. The van der Waals surface area contributed by atoms with Gasteiger partial charge in [-0.2, -0.15) is 0 Å². The van der Waals surface area contributed by atoms with Crippen molar-refractivity contribution in [2.75, 3.05) is 32.8 Å². The minimum Gasteiger partial charge on any atom is -0.371 e. The van der Waals surface area contributed by atoms with Crippen molar-refractivity contribution in [2.24, 2.45) is 5.73 Å². The van der Waals surface area contributed by atoms with E-state index in [0.717, 1.165) is 25.9 Å². The first kappa shape index (κ1) is 18.1. The second-order valence-electron chi connectivity index (χ2n) is 6.73. The van der Waals surface area contributed by atoms with E-state index < -0.39 is 0 Å². The van der Waals surface area contributed by atoms with Gasteiger partial charge in [-0.3, -0.25) is 14.5 Å². The summed E-state index contributed by atoms with van der Waals surface area (Å²) in [4.78, 5) is 32.0. The number of halogens is 1. The van der Waals surface area contributed by atoms with Crippen molar-refractivity contribution in [1.29, 1.82) is 0 Å². The lowest BCUT2D eigenvalue weighted by molar-refractivity contribution is -0.137. The van der Waals surface area contributed by atoms with E-state index in [1.807, 2.05) is 6.92 Å². The number of pyridine rings is 1. The van der Waals surface area contributed by atoms with Gasteiger partial charge in [0.15, 0.2) is 0 Å². The Hall–Kier alpha value is -1.70. The van der Waals surface area contributed by atoms with E-state index in [2.05, 4.69) is 9.88 Å². The lowest BCUT2D eigenvalue weighted by Crippen LogP contribution is -2.59. The number of aromatic nitrogens is 1. The number of primary amides is 1. The van der Waals surface area contributed by atoms with E-state index in [0.29, 0.717) is 30.4 Å². The Labute approximate surface area is 152 Å². The lowest BCUT2D eigenvalue weighted by Gasteiger charge is -2.47. The topological polar surface area (TPSA) is 88.8 Å². The van der Waals surface area contributed by atoms with E-state index in [1.54, 1.807) is 17.0 Å². The quantitative estimate of drug-likeness (QED) is 0.859. The SMILES string of the molecule is CC(C(N)=O)N1CCC2(CC1)CN(C(=O)c1ccc(Cl)cn1)CCO2. The Bertz CT molecular complexity index is 644. The fourth-order valence-electron chi connectivity index (χ4n) is 3.48. The first-order valence-corrected chi connectivity index (χ1v) is 8.86. The van der Waals surface area contributed by atoms with Gasteiger partial charge in [-0.15, -0.1) is 0 Å². The first-order chi connectivity index (χ1) is 11.9. The maximum atomic E-state index is 12.7. The average Bonchev–Trinajstić information content (AvgIpc) is 2.62. The Kier molecular flexibility index (Phi) is 5.27. The predicted octanol–water partition coefficient (Wildman–Crippen LogP) is 0.916. The molecular formula is C17H23ClN4O3. The number of nitrogens with zero attached hydrogens (tertiary/aromatic N) is 3.